The fraction of sp³-hybridized carbons (Fsp3) is 0.364. The van der Waals surface area contributed by atoms with E-state index in [-0.39, 0.29) is 0 Å². The molecule has 0 aromatic carbocycles. The molecule has 84 valence electrons. The van der Waals surface area contributed by atoms with Crippen LogP contribution in [0.25, 0.3) is 11.0 Å². The summed E-state index contributed by atoms with van der Waals surface area (Å²) in [5.74, 6) is -0.426. The fourth-order valence-corrected chi connectivity index (χ4v) is 1.58. The van der Waals surface area contributed by atoms with E-state index >= 15 is 0 Å². The Morgan fingerprint density at radius 3 is 3.00 bits per heavy atom. The normalized spacial score (nSPS) is 10.6. The molecule has 0 amide bonds. The number of ether oxygens (including phenoxy) is 1. The number of pyridine rings is 1. The number of aryl methyl sites for hydroxylation is 1. The van der Waals surface area contributed by atoms with Crippen molar-refractivity contribution in [2.45, 2.75) is 19.9 Å². The lowest BCUT2D eigenvalue weighted by Gasteiger charge is -2.01. The highest BCUT2D eigenvalue weighted by Crippen LogP contribution is 2.12. The molecule has 2 aromatic heterocycles. The van der Waals surface area contributed by atoms with Crippen LogP contribution in [0, 0.1) is 0 Å². The van der Waals surface area contributed by atoms with E-state index in [1.54, 1.807) is 12.3 Å². The molecule has 0 spiro atoms. The molecule has 0 aliphatic rings. The molecule has 0 fully saturated rings. The minimum absolute atomic E-state index is 0.311. The van der Waals surface area contributed by atoms with E-state index in [1.807, 2.05) is 10.7 Å². The quantitative estimate of drug-likeness (QED) is 0.736. The van der Waals surface area contributed by atoms with Gasteiger partial charge in [-0.15, -0.1) is 0 Å². The standard InChI is InChI=1S/C11H13N3O2/c1-3-6-14-10-5-4-8(11(15)16-2)13-9(10)7-12-14/h4-5,7H,3,6H2,1-2H3. The number of methoxy groups -OCH3 is 1. The van der Waals surface area contributed by atoms with Gasteiger partial charge in [0.15, 0.2) is 0 Å². The van der Waals surface area contributed by atoms with E-state index in [4.69, 9.17) is 0 Å². The molecule has 16 heavy (non-hydrogen) atoms. The van der Waals surface area contributed by atoms with Gasteiger partial charge in [0.05, 0.1) is 18.8 Å². The molecular formula is C11H13N3O2. The zero-order valence-electron chi connectivity index (χ0n) is 9.30. The Balaban J connectivity index is 2.44. The van der Waals surface area contributed by atoms with Crippen molar-refractivity contribution < 1.29 is 9.53 Å². The SMILES string of the molecule is CCCn1ncc2nc(C(=O)OC)ccc21. The first-order valence-electron chi connectivity index (χ1n) is 5.17. The summed E-state index contributed by atoms with van der Waals surface area (Å²) in [6.07, 6.45) is 2.67. The summed E-state index contributed by atoms with van der Waals surface area (Å²) in [6, 6.07) is 3.50. The van der Waals surface area contributed by atoms with E-state index in [1.165, 1.54) is 7.11 Å². The van der Waals surface area contributed by atoms with Crippen molar-refractivity contribution in [2.24, 2.45) is 0 Å². The van der Waals surface area contributed by atoms with Crippen molar-refractivity contribution in [1.29, 1.82) is 0 Å². The van der Waals surface area contributed by atoms with Crippen LogP contribution in [0.3, 0.4) is 0 Å². The maximum Gasteiger partial charge on any atom is 0.356 e. The van der Waals surface area contributed by atoms with Gasteiger partial charge >= 0.3 is 5.97 Å². The molecule has 0 saturated carbocycles. The zero-order valence-corrected chi connectivity index (χ0v) is 9.30. The molecule has 0 aliphatic carbocycles. The monoisotopic (exact) mass is 219 g/mol. The number of carbonyl (C=O) groups is 1. The highest BCUT2D eigenvalue weighted by molar-refractivity contribution is 5.90. The van der Waals surface area contributed by atoms with E-state index in [0.717, 1.165) is 24.0 Å². The van der Waals surface area contributed by atoms with Gasteiger partial charge in [0.25, 0.3) is 0 Å². The maximum atomic E-state index is 11.3. The van der Waals surface area contributed by atoms with E-state index in [9.17, 15) is 4.79 Å². The lowest BCUT2D eigenvalue weighted by molar-refractivity contribution is 0.0594. The fourth-order valence-electron chi connectivity index (χ4n) is 1.58. The van der Waals surface area contributed by atoms with Crippen LogP contribution >= 0.6 is 0 Å². The van der Waals surface area contributed by atoms with Gasteiger partial charge in [-0.25, -0.2) is 9.78 Å². The van der Waals surface area contributed by atoms with Crippen molar-refractivity contribution in [3.8, 4) is 0 Å². The molecule has 2 aromatic rings. The Morgan fingerprint density at radius 1 is 1.50 bits per heavy atom. The average molecular weight is 219 g/mol. The van der Waals surface area contributed by atoms with Gasteiger partial charge < -0.3 is 4.74 Å². The number of carbonyl (C=O) groups excluding carboxylic acids is 1. The number of hydrogen-bond acceptors (Lipinski definition) is 4. The molecule has 0 aliphatic heterocycles. The van der Waals surface area contributed by atoms with Crippen LogP contribution in [0.1, 0.15) is 23.8 Å². The van der Waals surface area contributed by atoms with Gasteiger partial charge in [-0.1, -0.05) is 6.92 Å². The average Bonchev–Trinajstić information content (AvgIpc) is 2.71. The van der Waals surface area contributed by atoms with Gasteiger partial charge in [0, 0.05) is 6.54 Å². The highest BCUT2D eigenvalue weighted by atomic mass is 16.5. The first-order valence-corrected chi connectivity index (χ1v) is 5.17. The molecule has 2 rings (SSSR count). The van der Waals surface area contributed by atoms with Gasteiger partial charge in [0.2, 0.25) is 0 Å². The largest absolute Gasteiger partial charge is 0.464 e. The van der Waals surface area contributed by atoms with Crippen LogP contribution in [0.5, 0.6) is 0 Å². The lowest BCUT2D eigenvalue weighted by atomic mass is 10.3. The third-order valence-electron chi connectivity index (χ3n) is 2.33. The van der Waals surface area contributed by atoms with Gasteiger partial charge in [-0.05, 0) is 18.6 Å². The molecule has 5 heteroatoms. The number of fused-ring (bicyclic) bond motifs is 1. The summed E-state index contributed by atoms with van der Waals surface area (Å²) in [6.45, 7) is 2.94. The van der Waals surface area contributed by atoms with Crippen LogP contribution in [0.4, 0.5) is 0 Å². The minimum Gasteiger partial charge on any atom is -0.464 e. The molecule has 0 radical (unpaired) electrons. The van der Waals surface area contributed by atoms with Gasteiger partial charge in [-0.3, -0.25) is 4.68 Å². The van der Waals surface area contributed by atoms with E-state index in [0.29, 0.717) is 5.69 Å². The van der Waals surface area contributed by atoms with Crippen molar-refractivity contribution in [1.82, 2.24) is 14.8 Å². The second-order valence-corrected chi connectivity index (χ2v) is 3.46. The summed E-state index contributed by atoms with van der Waals surface area (Å²) in [7, 11) is 1.34. The van der Waals surface area contributed by atoms with Crippen LogP contribution in [0.2, 0.25) is 0 Å². The zero-order chi connectivity index (χ0) is 11.5. The minimum atomic E-state index is -0.426. The predicted molar refractivity (Wildman–Crippen MR) is 59.2 cm³/mol. The Bertz CT molecular complexity index is 519. The van der Waals surface area contributed by atoms with Crippen molar-refractivity contribution in [2.75, 3.05) is 7.11 Å². The Labute approximate surface area is 93.0 Å². The van der Waals surface area contributed by atoms with Crippen LogP contribution in [-0.2, 0) is 11.3 Å². The van der Waals surface area contributed by atoms with Crippen LogP contribution in [-0.4, -0.2) is 27.8 Å². The first kappa shape index (κ1) is 10.6. The predicted octanol–water partition coefficient (Wildman–Crippen LogP) is 1.63. The molecule has 0 atom stereocenters. The molecule has 0 saturated heterocycles. The number of esters is 1. The molecule has 0 N–H and O–H groups in total. The van der Waals surface area contributed by atoms with Crippen molar-refractivity contribution in [3.05, 3.63) is 24.0 Å². The van der Waals surface area contributed by atoms with Crippen molar-refractivity contribution in [3.63, 3.8) is 0 Å². The van der Waals surface area contributed by atoms with Gasteiger partial charge in [-0.2, -0.15) is 5.10 Å². The Morgan fingerprint density at radius 2 is 2.31 bits per heavy atom. The summed E-state index contributed by atoms with van der Waals surface area (Å²) in [5, 5.41) is 4.21. The van der Waals surface area contributed by atoms with Crippen LogP contribution < -0.4 is 0 Å². The number of nitrogens with zero attached hydrogens (tertiary/aromatic N) is 3. The van der Waals surface area contributed by atoms with Crippen LogP contribution in [0.15, 0.2) is 18.3 Å². The number of aromatic nitrogens is 3. The van der Waals surface area contributed by atoms with E-state index < -0.39 is 5.97 Å². The third kappa shape index (κ3) is 1.76. The first-order chi connectivity index (χ1) is 7.76. The second kappa shape index (κ2) is 4.30. The Hall–Kier alpha value is -1.91. The molecule has 2 heterocycles. The second-order valence-electron chi connectivity index (χ2n) is 3.46. The maximum absolute atomic E-state index is 11.3. The van der Waals surface area contributed by atoms with Crippen molar-refractivity contribution >= 4 is 17.0 Å². The van der Waals surface area contributed by atoms with E-state index in [2.05, 4.69) is 21.7 Å². The summed E-state index contributed by atoms with van der Waals surface area (Å²) >= 11 is 0. The smallest absolute Gasteiger partial charge is 0.356 e. The summed E-state index contributed by atoms with van der Waals surface area (Å²) in [4.78, 5) is 15.5. The van der Waals surface area contributed by atoms with Gasteiger partial charge in [0.1, 0.15) is 11.2 Å². The molecule has 0 bridgehead atoms. The molecule has 0 unspecified atom stereocenters. The molecule has 5 nitrogen and oxygen atoms in total. The lowest BCUT2D eigenvalue weighted by Crippen LogP contribution is -2.04. The highest BCUT2D eigenvalue weighted by Gasteiger charge is 2.10. The third-order valence-corrected chi connectivity index (χ3v) is 2.33. The number of hydrogen-bond donors (Lipinski definition) is 0. The Kier molecular flexibility index (Phi) is 2.85. The summed E-state index contributed by atoms with van der Waals surface area (Å²) in [5.41, 5.74) is 1.97. The molecular weight excluding hydrogens is 206 g/mol. The topological polar surface area (TPSA) is 57.0 Å². The number of rotatable bonds is 3. The summed E-state index contributed by atoms with van der Waals surface area (Å²) < 4.78 is 6.49.